The number of aromatic nitrogens is 1. The lowest BCUT2D eigenvalue weighted by Crippen LogP contribution is -2.41. The number of benzene rings is 1. The van der Waals surface area contributed by atoms with Crippen molar-refractivity contribution in [2.24, 2.45) is 5.92 Å². The molecule has 0 bridgehead atoms. The van der Waals surface area contributed by atoms with Gasteiger partial charge >= 0.3 is 6.09 Å². The maximum atomic E-state index is 12.2. The van der Waals surface area contributed by atoms with Crippen LogP contribution in [0.5, 0.6) is 0 Å². The van der Waals surface area contributed by atoms with Gasteiger partial charge in [-0.1, -0.05) is 29.8 Å². The number of rotatable bonds is 5. The molecule has 148 valence electrons. The molecule has 2 heterocycles. The zero-order chi connectivity index (χ0) is 19.9. The van der Waals surface area contributed by atoms with Gasteiger partial charge in [-0.25, -0.2) is 4.79 Å². The van der Waals surface area contributed by atoms with Crippen molar-refractivity contribution in [2.45, 2.75) is 26.4 Å². The van der Waals surface area contributed by atoms with Gasteiger partial charge in [0.05, 0.1) is 5.56 Å². The summed E-state index contributed by atoms with van der Waals surface area (Å²) in [6, 6.07) is 10.7. The number of amides is 2. The minimum atomic E-state index is -0.295. The Morgan fingerprint density at radius 3 is 2.50 bits per heavy atom. The number of carbonyl (C=O) groups excluding carboxylic acids is 2. The Hall–Kier alpha value is -3.09. The van der Waals surface area contributed by atoms with Crippen LogP contribution in [0.1, 0.15) is 34.3 Å². The van der Waals surface area contributed by atoms with E-state index in [1.54, 1.807) is 4.90 Å². The van der Waals surface area contributed by atoms with Crippen molar-refractivity contribution in [3.8, 4) is 0 Å². The van der Waals surface area contributed by atoms with Crippen LogP contribution in [0.3, 0.4) is 0 Å². The number of aryl methyl sites for hydroxylation is 1. The van der Waals surface area contributed by atoms with E-state index in [2.05, 4.69) is 10.3 Å². The molecule has 0 saturated carbocycles. The van der Waals surface area contributed by atoms with Gasteiger partial charge in [-0.3, -0.25) is 9.59 Å². The molecule has 0 unspecified atom stereocenters. The van der Waals surface area contributed by atoms with Gasteiger partial charge in [-0.05, 0) is 37.3 Å². The lowest BCUT2D eigenvalue weighted by molar-refractivity contribution is 0.0800. The smallest absolute Gasteiger partial charge is 0.410 e. The second-order valence-electron chi connectivity index (χ2n) is 7.12. The molecule has 7 nitrogen and oxygen atoms in total. The van der Waals surface area contributed by atoms with Crippen LogP contribution >= 0.6 is 0 Å². The molecule has 1 aliphatic rings. The first-order valence-corrected chi connectivity index (χ1v) is 9.45. The lowest BCUT2D eigenvalue weighted by atomic mass is 9.97. The third-order valence-electron chi connectivity index (χ3n) is 4.95. The number of carbonyl (C=O) groups is 2. The highest BCUT2D eigenvalue weighted by Crippen LogP contribution is 2.18. The summed E-state index contributed by atoms with van der Waals surface area (Å²) in [5.41, 5.74) is 2.33. The summed E-state index contributed by atoms with van der Waals surface area (Å²) in [7, 11) is 0. The first kappa shape index (κ1) is 19.7. The number of pyridine rings is 1. The Morgan fingerprint density at radius 1 is 1.14 bits per heavy atom. The molecule has 1 aromatic carbocycles. The number of hydrogen-bond acceptors (Lipinski definition) is 4. The Kier molecular flexibility index (Phi) is 6.47. The highest BCUT2D eigenvalue weighted by atomic mass is 16.6. The predicted octanol–water partition coefficient (Wildman–Crippen LogP) is 2.46. The van der Waals surface area contributed by atoms with Crippen LogP contribution in [0.4, 0.5) is 4.79 Å². The molecule has 7 heteroatoms. The first-order valence-electron chi connectivity index (χ1n) is 9.45. The molecule has 0 radical (unpaired) electrons. The highest BCUT2D eigenvalue weighted by Gasteiger charge is 2.24. The van der Waals surface area contributed by atoms with E-state index in [1.165, 1.54) is 23.9 Å². The summed E-state index contributed by atoms with van der Waals surface area (Å²) in [5, 5.41) is 2.89. The average Bonchev–Trinajstić information content (AvgIpc) is 2.72. The van der Waals surface area contributed by atoms with Crippen molar-refractivity contribution >= 4 is 12.0 Å². The van der Waals surface area contributed by atoms with Crippen LogP contribution in [-0.4, -0.2) is 41.5 Å². The van der Waals surface area contributed by atoms with E-state index in [4.69, 9.17) is 4.74 Å². The molecule has 3 rings (SSSR count). The fourth-order valence-corrected chi connectivity index (χ4v) is 3.13. The van der Waals surface area contributed by atoms with Crippen LogP contribution in [-0.2, 0) is 11.3 Å². The number of likely N-dealkylation sites (tertiary alicyclic amines) is 1. The van der Waals surface area contributed by atoms with Gasteiger partial charge in [0.2, 0.25) is 5.56 Å². The van der Waals surface area contributed by atoms with Crippen molar-refractivity contribution in [2.75, 3.05) is 19.6 Å². The van der Waals surface area contributed by atoms with Crippen molar-refractivity contribution in [3.05, 3.63) is 69.6 Å². The molecule has 0 aliphatic carbocycles. The minimum Gasteiger partial charge on any atom is -0.445 e. The summed E-state index contributed by atoms with van der Waals surface area (Å²) in [5.74, 6) is 0.101. The zero-order valence-electron chi connectivity index (χ0n) is 15.9. The van der Waals surface area contributed by atoms with Crippen LogP contribution in [0.2, 0.25) is 0 Å². The largest absolute Gasteiger partial charge is 0.445 e. The van der Waals surface area contributed by atoms with Crippen molar-refractivity contribution < 1.29 is 14.3 Å². The van der Waals surface area contributed by atoms with Gasteiger partial charge in [-0.15, -0.1) is 0 Å². The summed E-state index contributed by atoms with van der Waals surface area (Å²) < 4.78 is 5.40. The quantitative estimate of drug-likeness (QED) is 0.830. The van der Waals surface area contributed by atoms with E-state index < -0.39 is 0 Å². The molecule has 2 N–H and O–H groups in total. The maximum Gasteiger partial charge on any atom is 0.410 e. The summed E-state index contributed by atoms with van der Waals surface area (Å²) in [6.07, 6.45) is 2.73. The third-order valence-corrected chi connectivity index (χ3v) is 4.95. The Bertz CT molecular complexity index is 847. The lowest BCUT2D eigenvalue weighted by Gasteiger charge is -2.31. The molecule has 1 aromatic heterocycles. The summed E-state index contributed by atoms with van der Waals surface area (Å²) in [4.78, 5) is 39.6. The molecule has 0 atom stereocenters. The van der Waals surface area contributed by atoms with Crippen LogP contribution in [0, 0.1) is 12.8 Å². The molecular weight excluding hydrogens is 358 g/mol. The monoisotopic (exact) mass is 383 g/mol. The molecule has 1 saturated heterocycles. The molecular formula is C21H25N3O4. The number of hydrogen-bond donors (Lipinski definition) is 2. The summed E-state index contributed by atoms with van der Waals surface area (Å²) >= 11 is 0. The minimum absolute atomic E-state index is 0.212. The Balaban J connectivity index is 1.38. The van der Waals surface area contributed by atoms with Gasteiger partial charge in [0, 0.05) is 31.9 Å². The van der Waals surface area contributed by atoms with Gasteiger partial charge in [-0.2, -0.15) is 0 Å². The van der Waals surface area contributed by atoms with Crippen molar-refractivity contribution in [3.63, 3.8) is 0 Å². The zero-order valence-corrected chi connectivity index (χ0v) is 15.9. The second kappa shape index (κ2) is 9.21. The van der Waals surface area contributed by atoms with Gasteiger partial charge in [0.15, 0.2) is 0 Å². The van der Waals surface area contributed by atoms with E-state index in [9.17, 15) is 14.4 Å². The van der Waals surface area contributed by atoms with Crippen molar-refractivity contribution in [1.29, 1.82) is 0 Å². The fraction of sp³-hybridized carbons (Fsp3) is 0.381. The molecule has 1 aliphatic heterocycles. The Labute approximate surface area is 163 Å². The SMILES string of the molecule is Cc1ccc(COC(=O)N2CCC(CNC(=O)c3ccc(=O)[nH]c3)CC2)cc1. The topological polar surface area (TPSA) is 91.5 Å². The third kappa shape index (κ3) is 5.45. The Morgan fingerprint density at radius 2 is 1.86 bits per heavy atom. The van der Waals surface area contributed by atoms with E-state index in [-0.39, 0.29) is 24.2 Å². The number of nitrogens with zero attached hydrogens (tertiary/aromatic N) is 1. The normalized spacial score (nSPS) is 14.5. The predicted molar refractivity (Wildman–Crippen MR) is 105 cm³/mol. The molecule has 2 amide bonds. The molecule has 28 heavy (non-hydrogen) atoms. The number of nitrogens with one attached hydrogen (secondary N) is 2. The maximum absolute atomic E-state index is 12.2. The molecule has 1 fully saturated rings. The van der Waals surface area contributed by atoms with E-state index in [0.717, 1.165) is 18.4 Å². The fourth-order valence-electron chi connectivity index (χ4n) is 3.13. The van der Waals surface area contributed by atoms with Crippen molar-refractivity contribution in [1.82, 2.24) is 15.2 Å². The summed E-state index contributed by atoms with van der Waals surface area (Å²) in [6.45, 7) is 4.07. The number of H-pyrrole nitrogens is 1. The number of piperidine rings is 1. The second-order valence-corrected chi connectivity index (χ2v) is 7.12. The van der Waals surface area contributed by atoms with Gasteiger partial charge in [0.25, 0.3) is 5.91 Å². The van der Waals surface area contributed by atoms with Crippen LogP contribution in [0.15, 0.2) is 47.4 Å². The van der Waals surface area contributed by atoms with E-state index in [1.807, 2.05) is 31.2 Å². The molecule has 0 spiro atoms. The number of aromatic amines is 1. The first-order chi connectivity index (χ1) is 13.5. The van der Waals surface area contributed by atoms with Gasteiger partial charge in [0.1, 0.15) is 6.61 Å². The number of ether oxygens (including phenoxy) is 1. The van der Waals surface area contributed by atoms with E-state index >= 15 is 0 Å². The van der Waals surface area contributed by atoms with Crippen LogP contribution < -0.4 is 10.9 Å². The molecule has 2 aromatic rings. The van der Waals surface area contributed by atoms with Crippen LogP contribution in [0.25, 0.3) is 0 Å². The average molecular weight is 383 g/mol. The van der Waals surface area contributed by atoms with E-state index in [0.29, 0.717) is 31.1 Å². The standard InChI is InChI=1S/C21H25N3O4/c1-15-2-4-17(5-3-15)14-28-21(27)24-10-8-16(9-11-24)12-23-20(26)18-6-7-19(25)22-13-18/h2-7,13,16H,8-12,14H2,1H3,(H,22,25)(H,23,26). The van der Waals surface area contributed by atoms with Gasteiger partial charge < -0.3 is 19.9 Å². The highest BCUT2D eigenvalue weighted by molar-refractivity contribution is 5.93.